The van der Waals surface area contributed by atoms with Gasteiger partial charge in [-0.2, -0.15) is 17.0 Å². The number of aromatic amines is 1. The van der Waals surface area contributed by atoms with Crippen LogP contribution in [0.15, 0.2) is 144 Å². The first-order valence-electron chi connectivity index (χ1n) is 28.0. The van der Waals surface area contributed by atoms with E-state index in [4.69, 9.17) is 0 Å². The van der Waals surface area contributed by atoms with Gasteiger partial charge in [0.25, 0.3) is 10.2 Å². The molecule has 10 heteroatoms. The van der Waals surface area contributed by atoms with Crippen LogP contribution in [-0.4, -0.2) is 60.0 Å². The molecule has 1 aliphatic carbocycles. The summed E-state index contributed by atoms with van der Waals surface area (Å²) in [5.41, 5.74) is 21.6. The fourth-order valence-corrected chi connectivity index (χ4v) is 13.6. The minimum atomic E-state index is -3.22. The highest BCUT2D eigenvalue weighted by molar-refractivity contribution is 7.86. The van der Waals surface area contributed by atoms with Crippen molar-refractivity contribution in [3.05, 3.63) is 215 Å². The quantitative estimate of drug-likeness (QED) is 0.175. The van der Waals surface area contributed by atoms with Gasteiger partial charge in [-0.05, 0) is 218 Å². The third kappa shape index (κ3) is 14.9. The van der Waals surface area contributed by atoms with Gasteiger partial charge in [-0.3, -0.25) is 4.99 Å². The highest BCUT2D eigenvalue weighted by Crippen LogP contribution is 2.34. The maximum atomic E-state index is 11.8. The van der Waals surface area contributed by atoms with E-state index in [2.05, 4.69) is 232 Å². The molecule has 13 rings (SSSR count). The van der Waals surface area contributed by atoms with E-state index in [-0.39, 0.29) is 0 Å². The maximum Gasteiger partial charge on any atom is 0.281 e. The standard InChI is InChI=1S/C12H12.3C10H11N.C10H10S.C9H18N2O2S.C9H12S/c1-9-7-11-5-3-4-6-12(11)8-10(9)2;1-7-5-9-3-4-11-10(9)6-8(7)2;1-8-7-9-5-3-4-6-10(9)11(8)2;2*1-7-8(2)11-10-6-4-3-5-9(7)10;1-8-5-6-11(7-9(8)2)14(12,13)10(3)4;1-6-7(2)10-9-5-3-4-8(6)9/h3-8H,1-2H3;4-6H,3H2,1-2H3;3-7H,1-2H3;3-6,11H,1-2H3;3-6H,1-2H3;5-7H2,1-4H3;3-5H2,1-2H3. The van der Waals surface area contributed by atoms with Gasteiger partial charge >= 0.3 is 0 Å². The molecule has 0 saturated carbocycles. The molecule has 6 heterocycles. The Balaban J connectivity index is 0.000000135. The van der Waals surface area contributed by atoms with Crippen LogP contribution in [0.25, 0.3) is 42.7 Å². The lowest BCUT2D eigenvalue weighted by Crippen LogP contribution is -2.43. The largest absolute Gasteiger partial charge is 0.358 e. The van der Waals surface area contributed by atoms with E-state index in [0.29, 0.717) is 13.1 Å². The van der Waals surface area contributed by atoms with Gasteiger partial charge in [0.1, 0.15) is 0 Å². The zero-order valence-electron chi connectivity index (χ0n) is 50.5. The van der Waals surface area contributed by atoms with Crippen LogP contribution < -0.4 is 0 Å². The lowest BCUT2D eigenvalue weighted by Gasteiger charge is -2.29. The zero-order valence-corrected chi connectivity index (χ0v) is 52.9. The Hall–Kier alpha value is -6.40. The summed E-state index contributed by atoms with van der Waals surface area (Å²) in [6.07, 6.45) is 7.90. The lowest BCUT2D eigenvalue weighted by atomic mass is 10.0. The Morgan fingerprint density at radius 2 is 1.15 bits per heavy atom. The Morgan fingerprint density at radius 1 is 0.575 bits per heavy atom. The monoisotopic (exact) mass is 1120 g/mol. The molecule has 4 aromatic heterocycles. The average Bonchev–Trinajstić information content (AvgIpc) is 4.33. The summed E-state index contributed by atoms with van der Waals surface area (Å²) in [4.78, 5) is 12.2. The number of aryl methyl sites for hydroxylation is 12. The number of aliphatic imine (C=N–C) groups is 1. The SMILES string of the molecule is CC1=C(C)CN(S(=O)(=O)N(C)C)CC1.Cc1[nH]c2ccccc2c1C.Cc1cc2c(cc1C)N=CC2.Cc1cc2ccccc2cc1C.Cc1cc2ccccc2n1C.Cc1sc2c(c1C)CCC2.Cc1sc2ccccc2c1C. The molecular weight excluding hydrogens is 1040 g/mol. The Labute approximate surface area is 486 Å². The summed E-state index contributed by atoms with van der Waals surface area (Å²) in [5.74, 6) is 0. The Kier molecular flexibility index (Phi) is 21.0. The van der Waals surface area contributed by atoms with E-state index in [9.17, 15) is 8.42 Å². The topological polar surface area (TPSA) is 73.7 Å². The Morgan fingerprint density at radius 3 is 1.76 bits per heavy atom. The van der Waals surface area contributed by atoms with Gasteiger partial charge < -0.3 is 9.55 Å². The molecule has 0 unspecified atom stereocenters. The number of benzene rings is 6. The van der Waals surface area contributed by atoms with Crippen LogP contribution in [0, 0.1) is 76.2 Å². The van der Waals surface area contributed by atoms with Crippen molar-refractivity contribution in [2.24, 2.45) is 12.0 Å². The van der Waals surface area contributed by atoms with E-state index < -0.39 is 10.2 Å². The predicted octanol–water partition coefficient (Wildman–Crippen LogP) is 18.5. The minimum Gasteiger partial charge on any atom is -0.358 e. The van der Waals surface area contributed by atoms with Gasteiger partial charge in [-0.1, -0.05) is 108 Å². The number of aromatic nitrogens is 2. The van der Waals surface area contributed by atoms with Gasteiger partial charge in [0, 0.05) is 94.0 Å². The van der Waals surface area contributed by atoms with Crippen molar-refractivity contribution >= 4 is 87.4 Å². The van der Waals surface area contributed by atoms with Crippen molar-refractivity contribution in [1.82, 2.24) is 18.2 Å². The molecule has 3 aliphatic rings. The molecule has 6 aromatic carbocycles. The number of nitrogens with zero attached hydrogens (tertiary/aromatic N) is 4. The molecule has 0 atom stereocenters. The molecular formula is C70H85N5O2S3. The first-order chi connectivity index (χ1) is 38.0. The minimum absolute atomic E-state index is 0.534. The second kappa shape index (κ2) is 27.4. The van der Waals surface area contributed by atoms with E-state index in [1.54, 1.807) is 30.1 Å². The van der Waals surface area contributed by atoms with Crippen LogP contribution in [0.4, 0.5) is 5.69 Å². The van der Waals surface area contributed by atoms with E-state index in [1.807, 2.05) is 35.8 Å². The van der Waals surface area contributed by atoms with Crippen LogP contribution in [0.3, 0.4) is 0 Å². The average molecular weight is 1120 g/mol. The Bertz CT molecular complexity index is 3710. The second-order valence-corrected chi connectivity index (χ2v) is 26.6. The van der Waals surface area contributed by atoms with Crippen molar-refractivity contribution in [2.75, 3.05) is 27.2 Å². The molecule has 0 saturated heterocycles. The van der Waals surface area contributed by atoms with Crippen LogP contribution in [0.1, 0.15) is 103 Å². The van der Waals surface area contributed by atoms with Gasteiger partial charge in [0.2, 0.25) is 0 Å². The van der Waals surface area contributed by atoms with Crippen LogP contribution >= 0.6 is 22.7 Å². The highest BCUT2D eigenvalue weighted by Gasteiger charge is 2.27. The number of thiophene rings is 2. The van der Waals surface area contributed by atoms with E-state index in [0.717, 1.165) is 18.5 Å². The molecule has 0 fully saturated rings. The summed E-state index contributed by atoms with van der Waals surface area (Å²) in [5, 5.41) is 6.74. The summed E-state index contributed by atoms with van der Waals surface area (Å²) < 4.78 is 29.9. The number of nitrogens with one attached hydrogen (secondary N) is 1. The van der Waals surface area contributed by atoms with Crippen molar-refractivity contribution in [3.8, 4) is 0 Å². The highest BCUT2D eigenvalue weighted by atomic mass is 32.2. The third-order valence-electron chi connectivity index (χ3n) is 16.2. The first-order valence-corrected chi connectivity index (χ1v) is 31.1. The van der Waals surface area contributed by atoms with Crippen LogP contribution in [0.2, 0.25) is 0 Å². The second-order valence-electron chi connectivity index (χ2n) is 21.9. The van der Waals surface area contributed by atoms with Crippen molar-refractivity contribution in [3.63, 3.8) is 0 Å². The van der Waals surface area contributed by atoms with E-state index >= 15 is 0 Å². The van der Waals surface area contributed by atoms with Gasteiger partial charge in [0.15, 0.2) is 0 Å². The number of H-pyrrole nitrogens is 1. The van der Waals surface area contributed by atoms with Crippen molar-refractivity contribution in [2.45, 2.75) is 122 Å². The fraction of sp³-hybridized carbons (Fsp3) is 0.329. The number of hydrogen-bond donors (Lipinski definition) is 1. The molecule has 80 heavy (non-hydrogen) atoms. The summed E-state index contributed by atoms with van der Waals surface area (Å²) in [6.45, 7) is 29.0. The molecule has 0 radical (unpaired) electrons. The number of para-hydroxylation sites is 2. The molecule has 10 aromatic rings. The molecule has 7 nitrogen and oxygen atoms in total. The van der Waals surface area contributed by atoms with E-state index in [1.165, 1.54) is 142 Å². The molecule has 0 amide bonds. The lowest BCUT2D eigenvalue weighted by molar-refractivity contribution is 0.382. The molecule has 420 valence electrons. The van der Waals surface area contributed by atoms with Crippen LogP contribution in [0.5, 0.6) is 0 Å². The predicted molar refractivity (Wildman–Crippen MR) is 351 cm³/mol. The normalized spacial score (nSPS) is 13.5. The van der Waals surface area contributed by atoms with Gasteiger partial charge in [0.05, 0.1) is 5.69 Å². The van der Waals surface area contributed by atoms with Crippen molar-refractivity contribution in [1.29, 1.82) is 0 Å². The maximum absolute atomic E-state index is 11.8. The molecule has 0 spiro atoms. The first kappa shape index (κ1) is 61.2. The van der Waals surface area contributed by atoms with Gasteiger partial charge in [-0.15, -0.1) is 22.7 Å². The third-order valence-corrected chi connectivity index (χ3v) is 20.6. The smallest absolute Gasteiger partial charge is 0.281 e. The fourth-order valence-electron chi connectivity index (χ4n) is 10.1. The summed E-state index contributed by atoms with van der Waals surface area (Å²) in [7, 11) is 2.00. The number of hydrogen-bond acceptors (Lipinski definition) is 5. The number of fused-ring (bicyclic) bond motifs is 6. The molecule has 0 bridgehead atoms. The summed E-state index contributed by atoms with van der Waals surface area (Å²) in [6, 6.07) is 44.9. The van der Waals surface area contributed by atoms with Crippen molar-refractivity contribution < 1.29 is 8.42 Å². The number of rotatable bonds is 2. The van der Waals surface area contributed by atoms with Crippen LogP contribution in [-0.2, 0) is 36.5 Å². The molecule has 1 N–H and O–H groups in total. The summed E-state index contributed by atoms with van der Waals surface area (Å²) >= 11 is 3.88. The zero-order chi connectivity index (χ0) is 58.0. The van der Waals surface area contributed by atoms with Gasteiger partial charge in [-0.25, -0.2) is 0 Å². The molecule has 2 aliphatic heterocycles.